The summed E-state index contributed by atoms with van der Waals surface area (Å²) in [6.45, 7) is 3.90. The van der Waals surface area contributed by atoms with Crippen LogP contribution >= 0.6 is 7.37 Å². The standard InChI is InChI=1S/C27H25FNO5P/c1-16(2)26-22(11-12-35(33,34)15-20(30)14-24(31)32)25(17-7-9-19(28)10-8-17)23-13-18-5-3-4-6-21(18)27(23)29-26/h3-10,16,20,30H,13-15H2,1-2H3,(H,31,32)(H,33,34). The van der Waals surface area contributed by atoms with E-state index in [-0.39, 0.29) is 11.7 Å². The number of halogens is 1. The third kappa shape index (κ3) is 5.36. The van der Waals surface area contributed by atoms with Crippen molar-refractivity contribution in [2.75, 3.05) is 6.16 Å². The Morgan fingerprint density at radius 1 is 1.17 bits per heavy atom. The molecule has 0 aliphatic heterocycles. The molecule has 3 N–H and O–H groups in total. The van der Waals surface area contributed by atoms with Gasteiger partial charge in [0.1, 0.15) is 5.82 Å². The highest BCUT2D eigenvalue weighted by Gasteiger charge is 2.29. The molecule has 35 heavy (non-hydrogen) atoms. The Bertz CT molecular complexity index is 1410. The number of carboxylic acid groups (broad SMARTS) is 1. The molecule has 0 saturated carbocycles. The van der Waals surface area contributed by atoms with Gasteiger partial charge in [-0.1, -0.05) is 56.2 Å². The molecule has 2 aromatic carbocycles. The number of rotatable bonds is 6. The van der Waals surface area contributed by atoms with Gasteiger partial charge in [0.25, 0.3) is 7.37 Å². The highest BCUT2D eigenvalue weighted by molar-refractivity contribution is 7.63. The van der Waals surface area contributed by atoms with E-state index in [0.29, 0.717) is 23.2 Å². The van der Waals surface area contributed by atoms with Gasteiger partial charge in [0.15, 0.2) is 0 Å². The molecule has 1 aliphatic carbocycles. The molecular weight excluding hydrogens is 468 g/mol. The zero-order chi connectivity index (χ0) is 25.3. The van der Waals surface area contributed by atoms with Crippen LogP contribution in [0.2, 0.25) is 0 Å². The van der Waals surface area contributed by atoms with Crippen molar-refractivity contribution < 1.29 is 28.9 Å². The van der Waals surface area contributed by atoms with Crippen molar-refractivity contribution in [3.63, 3.8) is 0 Å². The van der Waals surface area contributed by atoms with Crippen LogP contribution < -0.4 is 0 Å². The number of aromatic nitrogens is 1. The van der Waals surface area contributed by atoms with Crippen molar-refractivity contribution >= 4 is 13.3 Å². The first kappa shape index (κ1) is 24.8. The molecule has 2 unspecified atom stereocenters. The number of aliphatic carboxylic acids is 1. The first-order valence-electron chi connectivity index (χ1n) is 11.2. The number of carboxylic acids is 1. The highest BCUT2D eigenvalue weighted by atomic mass is 31.2. The van der Waals surface area contributed by atoms with Gasteiger partial charge in [0, 0.05) is 17.5 Å². The normalized spacial score (nSPS) is 14.5. The topological polar surface area (TPSA) is 108 Å². The number of aliphatic hydroxyl groups excluding tert-OH is 1. The molecule has 2 atom stereocenters. The smallest absolute Gasteiger partial charge is 0.305 e. The Morgan fingerprint density at radius 2 is 1.86 bits per heavy atom. The first-order valence-corrected chi connectivity index (χ1v) is 13.1. The SMILES string of the molecule is CC(C)c1nc2c(c(-c3ccc(F)cc3)c1C#CP(=O)(O)CC(O)CC(=O)O)Cc1ccccc1-2. The number of carbonyl (C=O) groups is 1. The Balaban J connectivity index is 1.92. The first-order chi connectivity index (χ1) is 16.6. The summed E-state index contributed by atoms with van der Waals surface area (Å²) in [6.07, 6.45) is -2.21. The summed E-state index contributed by atoms with van der Waals surface area (Å²) in [5.74, 6) is 1.12. The molecule has 0 radical (unpaired) electrons. The second-order valence-corrected chi connectivity index (χ2v) is 10.9. The van der Waals surface area contributed by atoms with Crippen molar-refractivity contribution in [1.82, 2.24) is 4.98 Å². The van der Waals surface area contributed by atoms with Crippen LogP contribution in [0.1, 0.15) is 48.6 Å². The lowest BCUT2D eigenvalue weighted by Crippen LogP contribution is -2.17. The minimum Gasteiger partial charge on any atom is -0.481 e. The minimum absolute atomic E-state index is 0.0766. The summed E-state index contributed by atoms with van der Waals surface area (Å²) >= 11 is 0. The van der Waals surface area contributed by atoms with Crippen molar-refractivity contribution in [3.05, 3.63) is 76.7 Å². The zero-order valence-corrected chi connectivity index (χ0v) is 20.2. The van der Waals surface area contributed by atoms with Gasteiger partial charge in [-0.05, 0) is 40.4 Å². The molecule has 1 aromatic heterocycles. The number of nitrogens with zero attached hydrogens (tertiary/aromatic N) is 1. The predicted molar refractivity (Wildman–Crippen MR) is 132 cm³/mol. The molecule has 180 valence electrons. The maximum Gasteiger partial charge on any atom is 0.305 e. The molecule has 0 fully saturated rings. The van der Waals surface area contributed by atoms with E-state index in [1.165, 1.54) is 12.1 Å². The summed E-state index contributed by atoms with van der Waals surface area (Å²) in [5.41, 5.74) is 8.79. The second-order valence-electron chi connectivity index (χ2n) is 8.94. The van der Waals surface area contributed by atoms with Gasteiger partial charge in [-0.3, -0.25) is 14.3 Å². The number of pyridine rings is 1. The van der Waals surface area contributed by atoms with Crippen LogP contribution in [-0.2, 0) is 15.8 Å². The van der Waals surface area contributed by atoms with Gasteiger partial charge in [-0.2, -0.15) is 0 Å². The molecule has 4 rings (SSSR count). The number of benzene rings is 2. The van der Waals surface area contributed by atoms with Crippen molar-refractivity contribution in [1.29, 1.82) is 0 Å². The molecule has 6 nitrogen and oxygen atoms in total. The van der Waals surface area contributed by atoms with Gasteiger partial charge < -0.3 is 15.1 Å². The largest absolute Gasteiger partial charge is 0.481 e. The lowest BCUT2D eigenvalue weighted by Gasteiger charge is -2.18. The van der Waals surface area contributed by atoms with E-state index in [2.05, 4.69) is 11.6 Å². The number of hydrogen-bond donors (Lipinski definition) is 3. The molecule has 8 heteroatoms. The third-order valence-corrected chi connectivity index (χ3v) is 7.25. The van der Waals surface area contributed by atoms with Gasteiger partial charge in [-0.25, -0.2) is 4.39 Å². The van der Waals surface area contributed by atoms with Gasteiger partial charge in [-0.15, -0.1) is 0 Å². The fourth-order valence-electron chi connectivity index (χ4n) is 4.35. The molecule has 0 bridgehead atoms. The van der Waals surface area contributed by atoms with Crippen LogP contribution in [0.25, 0.3) is 22.4 Å². The van der Waals surface area contributed by atoms with E-state index < -0.39 is 32.0 Å². The van der Waals surface area contributed by atoms with Crippen molar-refractivity contribution in [3.8, 4) is 34.0 Å². The molecule has 1 aliphatic rings. The quantitative estimate of drug-likeness (QED) is 0.258. The van der Waals surface area contributed by atoms with Crippen LogP contribution in [0, 0.1) is 17.4 Å². The van der Waals surface area contributed by atoms with Crippen LogP contribution in [0.15, 0.2) is 48.5 Å². The van der Waals surface area contributed by atoms with Crippen LogP contribution in [0.3, 0.4) is 0 Å². The van der Waals surface area contributed by atoms with Crippen molar-refractivity contribution in [2.45, 2.75) is 38.7 Å². The maximum absolute atomic E-state index is 13.7. The monoisotopic (exact) mass is 493 g/mol. The Kier molecular flexibility index (Phi) is 6.91. The van der Waals surface area contributed by atoms with Crippen LogP contribution in [-0.4, -0.2) is 38.3 Å². The van der Waals surface area contributed by atoms with Crippen LogP contribution in [0.5, 0.6) is 0 Å². The van der Waals surface area contributed by atoms with Crippen LogP contribution in [0.4, 0.5) is 4.39 Å². The number of fused-ring (bicyclic) bond motifs is 3. The fourth-order valence-corrected chi connectivity index (χ4v) is 5.43. The zero-order valence-electron chi connectivity index (χ0n) is 19.3. The lowest BCUT2D eigenvalue weighted by molar-refractivity contribution is -0.138. The number of hydrogen-bond acceptors (Lipinski definition) is 4. The average Bonchev–Trinajstić information content (AvgIpc) is 3.14. The third-order valence-electron chi connectivity index (χ3n) is 5.87. The summed E-state index contributed by atoms with van der Waals surface area (Å²) in [5, 5.41) is 18.7. The molecular formula is C27H25FNO5P. The summed E-state index contributed by atoms with van der Waals surface area (Å²) in [4.78, 5) is 26.1. The van der Waals surface area contributed by atoms with E-state index in [0.717, 1.165) is 27.9 Å². The molecule has 0 amide bonds. The fraction of sp³-hybridized carbons (Fsp3) is 0.259. The minimum atomic E-state index is -4.18. The summed E-state index contributed by atoms with van der Waals surface area (Å²) in [7, 11) is -4.18. The Hall–Kier alpha value is -3.30. The summed E-state index contributed by atoms with van der Waals surface area (Å²) in [6, 6.07) is 13.9. The van der Waals surface area contributed by atoms with E-state index in [4.69, 9.17) is 10.1 Å². The average molecular weight is 493 g/mol. The van der Waals surface area contributed by atoms with E-state index in [9.17, 15) is 23.7 Å². The molecule has 0 saturated heterocycles. The number of aliphatic hydroxyl groups is 1. The Morgan fingerprint density at radius 3 is 2.51 bits per heavy atom. The van der Waals surface area contributed by atoms with E-state index in [1.807, 2.05) is 38.1 Å². The molecule has 0 spiro atoms. The maximum atomic E-state index is 13.7. The summed E-state index contributed by atoms with van der Waals surface area (Å²) < 4.78 is 26.5. The molecule has 3 aromatic rings. The van der Waals surface area contributed by atoms with Gasteiger partial charge >= 0.3 is 5.97 Å². The molecule has 1 heterocycles. The van der Waals surface area contributed by atoms with Gasteiger partial charge in [0.2, 0.25) is 0 Å². The van der Waals surface area contributed by atoms with Gasteiger partial charge in [0.05, 0.1) is 35.6 Å². The predicted octanol–water partition coefficient (Wildman–Crippen LogP) is 5.00. The Labute approximate surface area is 202 Å². The second kappa shape index (κ2) is 9.75. The highest BCUT2D eigenvalue weighted by Crippen LogP contribution is 2.45. The van der Waals surface area contributed by atoms with Crippen molar-refractivity contribution in [2.24, 2.45) is 0 Å². The van der Waals surface area contributed by atoms with E-state index in [1.54, 1.807) is 12.1 Å². The lowest BCUT2D eigenvalue weighted by atomic mass is 9.90. The van der Waals surface area contributed by atoms with E-state index >= 15 is 0 Å².